The van der Waals surface area contributed by atoms with Gasteiger partial charge in [-0.2, -0.15) is 11.3 Å². The molecule has 28 heavy (non-hydrogen) atoms. The Morgan fingerprint density at radius 1 is 1.18 bits per heavy atom. The number of aliphatic imine (C=N–C) groups is 1. The molecule has 1 saturated heterocycles. The highest BCUT2D eigenvalue weighted by Gasteiger charge is 2.13. The van der Waals surface area contributed by atoms with Gasteiger partial charge in [-0.1, -0.05) is 31.2 Å². The first-order valence-electron chi connectivity index (χ1n) is 9.59. The molecule has 2 heterocycles. The van der Waals surface area contributed by atoms with E-state index >= 15 is 0 Å². The van der Waals surface area contributed by atoms with E-state index in [1.807, 2.05) is 7.05 Å². The van der Waals surface area contributed by atoms with E-state index in [9.17, 15) is 0 Å². The maximum Gasteiger partial charge on any atom is 0.191 e. The van der Waals surface area contributed by atoms with Gasteiger partial charge in [-0.3, -0.25) is 9.89 Å². The fourth-order valence-corrected chi connectivity index (χ4v) is 3.99. The van der Waals surface area contributed by atoms with Gasteiger partial charge in [0.05, 0.1) is 13.2 Å². The molecule has 1 aromatic carbocycles. The Morgan fingerprint density at radius 3 is 2.61 bits per heavy atom. The van der Waals surface area contributed by atoms with Crippen molar-refractivity contribution >= 4 is 41.3 Å². The SMILES string of the molecule is CN=C(NCc1ccccc1CN1CCOCC1)NCC(C)c1ccsc1.I. The predicted molar refractivity (Wildman–Crippen MR) is 129 cm³/mol. The Kier molecular flexibility index (Phi) is 10.3. The summed E-state index contributed by atoms with van der Waals surface area (Å²) in [4.78, 5) is 6.83. The van der Waals surface area contributed by atoms with Gasteiger partial charge in [0.25, 0.3) is 0 Å². The molecule has 154 valence electrons. The normalized spacial score (nSPS) is 16.3. The predicted octanol–water partition coefficient (Wildman–Crippen LogP) is 3.67. The highest BCUT2D eigenvalue weighted by molar-refractivity contribution is 14.0. The zero-order chi connectivity index (χ0) is 18.9. The standard InChI is InChI=1S/C21H30N4OS.HI/c1-17(20-7-12-27-16-20)13-23-21(22-2)24-14-18-5-3-4-6-19(18)15-25-8-10-26-11-9-25;/h3-7,12,16-17H,8-11,13-15H2,1-2H3,(H2,22,23,24);1H. The lowest BCUT2D eigenvalue weighted by Crippen LogP contribution is -2.39. The van der Waals surface area contributed by atoms with Crippen LogP contribution in [0.4, 0.5) is 0 Å². The number of hydrogen-bond donors (Lipinski definition) is 2. The van der Waals surface area contributed by atoms with Crippen LogP contribution in [0.25, 0.3) is 0 Å². The summed E-state index contributed by atoms with van der Waals surface area (Å²) in [5.74, 6) is 1.31. The van der Waals surface area contributed by atoms with Gasteiger partial charge in [0, 0.05) is 39.8 Å². The fourth-order valence-electron chi connectivity index (χ4n) is 3.21. The third kappa shape index (κ3) is 7.02. The van der Waals surface area contributed by atoms with E-state index in [1.54, 1.807) is 11.3 Å². The lowest BCUT2D eigenvalue weighted by molar-refractivity contribution is 0.0341. The number of rotatable bonds is 7. The van der Waals surface area contributed by atoms with Crippen LogP contribution in [0, 0.1) is 0 Å². The van der Waals surface area contributed by atoms with E-state index in [2.05, 4.69) is 68.5 Å². The Bertz CT molecular complexity index is 717. The van der Waals surface area contributed by atoms with Crippen molar-refractivity contribution in [3.8, 4) is 0 Å². The van der Waals surface area contributed by atoms with Gasteiger partial charge in [-0.25, -0.2) is 0 Å². The summed E-state index contributed by atoms with van der Waals surface area (Å²) in [5.41, 5.74) is 4.06. The smallest absolute Gasteiger partial charge is 0.191 e. The second kappa shape index (κ2) is 12.4. The molecule has 7 heteroatoms. The van der Waals surface area contributed by atoms with Crippen molar-refractivity contribution in [3.05, 3.63) is 57.8 Å². The Hall–Kier alpha value is -1.16. The van der Waals surface area contributed by atoms with E-state index in [0.29, 0.717) is 5.92 Å². The molecule has 0 aliphatic carbocycles. The molecular weight excluding hydrogens is 483 g/mol. The highest BCUT2D eigenvalue weighted by Crippen LogP contribution is 2.17. The van der Waals surface area contributed by atoms with Crippen molar-refractivity contribution < 1.29 is 4.74 Å². The summed E-state index contributed by atoms with van der Waals surface area (Å²) in [6.45, 7) is 8.52. The first kappa shape index (κ1) is 23.1. The van der Waals surface area contributed by atoms with Crippen LogP contribution in [-0.2, 0) is 17.8 Å². The second-order valence-corrected chi connectivity index (χ2v) is 7.70. The van der Waals surface area contributed by atoms with Gasteiger partial charge >= 0.3 is 0 Å². The zero-order valence-corrected chi connectivity index (χ0v) is 19.8. The van der Waals surface area contributed by atoms with E-state index in [-0.39, 0.29) is 24.0 Å². The van der Waals surface area contributed by atoms with Gasteiger partial charge in [-0.05, 0) is 39.4 Å². The van der Waals surface area contributed by atoms with E-state index in [1.165, 1.54) is 16.7 Å². The van der Waals surface area contributed by atoms with Gasteiger partial charge in [-0.15, -0.1) is 24.0 Å². The lowest BCUT2D eigenvalue weighted by Gasteiger charge is -2.27. The third-order valence-corrected chi connectivity index (χ3v) is 5.68. The van der Waals surface area contributed by atoms with Crippen molar-refractivity contribution in [2.75, 3.05) is 39.9 Å². The maximum absolute atomic E-state index is 5.46. The molecule has 1 atom stereocenters. The number of morpholine rings is 1. The molecule has 5 nitrogen and oxygen atoms in total. The van der Waals surface area contributed by atoms with Gasteiger partial charge in [0.1, 0.15) is 0 Å². The topological polar surface area (TPSA) is 48.9 Å². The molecule has 0 spiro atoms. The first-order valence-corrected chi connectivity index (χ1v) is 10.5. The quantitative estimate of drug-likeness (QED) is 0.337. The molecule has 1 aliphatic heterocycles. The van der Waals surface area contributed by atoms with Crippen LogP contribution in [0.1, 0.15) is 29.5 Å². The summed E-state index contributed by atoms with van der Waals surface area (Å²) in [7, 11) is 1.82. The van der Waals surface area contributed by atoms with E-state index in [0.717, 1.165) is 51.9 Å². The summed E-state index contributed by atoms with van der Waals surface area (Å²) in [6, 6.07) is 10.8. The second-order valence-electron chi connectivity index (χ2n) is 6.92. The Morgan fingerprint density at radius 2 is 1.93 bits per heavy atom. The molecule has 0 amide bonds. The van der Waals surface area contributed by atoms with Gasteiger partial charge in [0.2, 0.25) is 0 Å². The number of halogens is 1. The van der Waals surface area contributed by atoms with Gasteiger partial charge < -0.3 is 15.4 Å². The molecule has 1 unspecified atom stereocenters. The number of benzene rings is 1. The largest absolute Gasteiger partial charge is 0.379 e. The summed E-state index contributed by atoms with van der Waals surface area (Å²) < 4.78 is 5.46. The van der Waals surface area contributed by atoms with Crippen molar-refractivity contribution in [3.63, 3.8) is 0 Å². The molecule has 3 rings (SSSR count). The first-order chi connectivity index (χ1) is 13.3. The van der Waals surface area contributed by atoms with E-state index in [4.69, 9.17) is 4.74 Å². The van der Waals surface area contributed by atoms with Crippen LogP contribution in [-0.4, -0.2) is 50.8 Å². The highest BCUT2D eigenvalue weighted by atomic mass is 127. The number of ether oxygens (including phenoxy) is 1. The molecule has 1 aromatic heterocycles. The average Bonchev–Trinajstić information content (AvgIpc) is 3.25. The maximum atomic E-state index is 5.46. The van der Waals surface area contributed by atoms with Gasteiger partial charge in [0.15, 0.2) is 5.96 Å². The number of hydrogen-bond acceptors (Lipinski definition) is 4. The lowest BCUT2D eigenvalue weighted by atomic mass is 10.1. The van der Waals surface area contributed by atoms with Crippen LogP contribution in [0.3, 0.4) is 0 Å². The Balaban J connectivity index is 0.00000280. The number of guanidine groups is 1. The zero-order valence-electron chi connectivity index (χ0n) is 16.7. The summed E-state index contributed by atoms with van der Waals surface area (Å²) >= 11 is 1.75. The van der Waals surface area contributed by atoms with Crippen LogP contribution in [0.5, 0.6) is 0 Å². The average molecular weight is 514 g/mol. The molecule has 0 saturated carbocycles. The van der Waals surface area contributed by atoms with Crippen LogP contribution in [0.15, 0.2) is 46.1 Å². The van der Waals surface area contributed by atoms with Crippen LogP contribution >= 0.6 is 35.3 Å². The van der Waals surface area contributed by atoms with Crippen molar-refractivity contribution in [2.45, 2.75) is 25.9 Å². The molecule has 2 aromatic rings. The minimum atomic E-state index is 0. The van der Waals surface area contributed by atoms with Crippen molar-refractivity contribution in [2.24, 2.45) is 4.99 Å². The van der Waals surface area contributed by atoms with Crippen molar-refractivity contribution in [1.82, 2.24) is 15.5 Å². The Labute approximate surface area is 189 Å². The number of nitrogens with one attached hydrogen (secondary N) is 2. The molecule has 1 fully saturated rings. The number of thiophene rings is 1. The van der Waals surface area contributed by atoms with E-state index < -0.39 is 0 Å². The minimum absolute atomic E-state index is 0. The molecule has 2 N–H and O–H groups in total. The molecule has 0 radical (unpaired) electrons. The molecular formula is C21H31IN4OS. The summed E-state index contributed by atoms with van der Waals surface area (Å²) in [5, 5.41) is 11.2. The van der Waals surface area contributed by atoms with Crippen molar-refractivity contribution in [1.29, 1.82) is 0 Å². The summed E-state index contributed by atoms with van der Waals surface area (Å²) in [6.07, 6.45) is 0. The minimum Gasteiger partial charge on any atom is -0.379 e. The number of nitrogens with zero attached hydrogens (tertiary/aromatic N) is 2. The van der Waals surface area contributed by atoms with Crippen LogP contribution in [0.2, 0.25) is 0 Å². The third-order valence-electron chi connectivity index (χ3n) is 4.97. The molecule has 1 aliphatic rings. The van der Waals surface area contributed by atoms with Crippen LogP contribution < -0.4 is 10.6 Å². The monoisotopic (exact) mass is 514 g/mol. The molecule has 0 bridgehead atoms. The fraction of sp³-hybridized carbons (Fsp3) is 0.476.